The quantitative estimate of drug-likeness (QED) is 0.311. The van der Waals surface area contributed by atoms with Gasteiger partial charge in [-0.2, -0.15) is 5.10 Å². The minimum Gasteiger partial charge on any atom is -0.507 e. The first kappa shape index (κ1) is 23.6. The molecule has 3 rings (SSSR count). The summed E-state index contributed by atoms with van der Waals surface area (Å²) in [6, 6.07) is 19.4. The second kappa shape index (κ2) is 10.5. The monoisotopic (exact) mass is 515 g/mol. The fourth-order valence-corrected chi connectivity index (χ4v) is 4.52. The van der Waals surface area contributed by atoms with Gasteiger partial charge in [0, 0.05) is 6.42 Å². The molecule has 0 saturated heterocycles. The van der Waals surface area contributed by atoms with E-state index in [1.807, 2.05) is 13.0 Å². The number of hydrogen-bond acceptors (Lipinski definition) is 5. The Kier molecular flexibility index (Phi) is 7.79. The number of aryl methyl sites for hydroxylation is 1. The van der Waals surface area contributed by atoms with Gasteiger partial charge in [0.2, 0.25) is 15.9 Å². The molecule has 0 aliphatic carbocycles. The topological polar surface area (TPSA) is 108 Å². The fraction of sp³-hybridized carbons (Fsp3) is 0.130. The summed E-state index contributed by atoms with van der Waals surface area (Å²) < 4.78 is 28.9. The number of sulfonamides is 1. The van der Waals surface area contributed by atoms with Crippen molar-refractivity contribution in [1.82, 2.24) is 10.1 Å². The number of hydrogen-bond donors (Lipinski definition) is 3. The third kappa shape index (κ3) is 6.49. The lowest BCUT2D eigenvalue weighted by atomic mass is 10.0. The zero-order chi connectivity index (χ0) is 23.1. The number of hydrazone groups is 1. The number of rotatable bonds is 8. The van der Waals surface area contributed by atoms with Crippen LogP contribution in [0.4, 0.5) is 0 Å². The summed E-state index contributed by atoms with van der Waals surface area (Å²) in [7, 11) is -3.84. The first-order valence-electron chi connectivity index (χ1n) is 9.69. The van der Waals surface area contributed by atoms with Crippen molar-refractivity contribution in [3.05, 3.63) is 94.0 Å². The lowest BCUT2D eigenvalue weighted by Crippen LogP contribution is -2.32. The van der Waals surface area contributed by atoms with Gasteiger partial charge in [-0.3, -0.25) is 4.79 Å². The van der Waals surface area contributed by atoms with Gasteiger partial charge in [0.05, 0.1) is 21.6 Å². The van der Waals surface area contributed by atoms with Crippen LogP contribution in [-0.4, -0.2) is 25.6 Å². The van der Waals surface area contributed by atoms with E-state index >= 15 is 0 Å². The van der Waals surface area contributed by atoms with Crippen molar-refractivity contribution in [2.24, 2.45) is 5.10 Å². The van der Waals surface area contributed by atoms with Crippen LogP contribution in [0.2, 0.25) is 0 Å². The van der Waals surface area contributed by atoms with E-state index in [4.69, 9.17) is 0 Å². The van der Waals surface area contributed by atoms with Gasteiger partial charge in [-0.25, -0.2) is 18.6 Å². The molecule has 0 aromatic heterocycles. The number of carbonyl (C=O) groups is 1. The zero-order valence-corrected chi connectivity index (χ0v) is 19.6. The number of nitrogens with zero attached hydrogens (tertiary/aromatic N) is 1. The summed E-state index contributed by atoms with van der Waals surface area (Å²) in [5.74, 6) is -0.364. The standard InChI is InChI=1S/C23H22BrN3O4S/c1-16-7-10-19(11-8-16)32(30,31)27-21(18-5-3-2-4-6-18)14-23(29)26-25-15-17-9-12-22(28)20(24)13-17/h2-13,15,21,27-28H,14H2,1H3,(H,26,29)/b25-15-/t21-/m0/s1. The van der Waals surface area contributed by atoms with Crippen LogP contribution in [0, 0.1) is 6.92 Å². The van der Waals surface area contributed by atoms with E-state index in [-0.39, 0.29) is 17.1 Å². The highest BCUT2D eigenvalue weighted by Crippen LogP contribution is 2.23. The Bertz CT molecular complexity index is 1210. The van der Waals surface area contributed by atoms with E-state index in [0.717, 1.165) is 5.56 Å². The third-order valence-corrected chi connectivity index (χ3v) is 6.72. The molecule has 1 atom stereocenters. The van der Waals surface area contributed by atoms with E-state index in [2.05, 4.69) is 31.2 Å². The van der Waals surface area contributed by atoms with Gasteiger partial charge < -0.3 is 5.11 Å². The fourth-order valence-electron chi connectivity index (χ4n) is 2.90. The second-order valence-corrected chi connectivity index (χ2v) is 9.67. The van der Waals surface area contributed by atoms with Crippen molar-refractivity contribution in [3.8, 4) is 5.75 Å². The smallest absolute Gasteiger partial charge is 0.242 e. The van der Waals surface area contributed by atoms with Crippen LogP contribution in [0.15, 0.2) is 87.3 Å². The van der Waals surface area contributed by atoms with Crippen LogP contribution in [0.5, 0.6) is 5.75 Å². The maximum atomic E-state index is 12.9. The first-order chi connectivity index (χ1) is 15.2. The van der Waals surface area contributed by atoms with Crippen LogP contribution in [0.1, 0.15) is 29.2 Å². The minimum absolute atomic E-state index is 0.0951. The van der Waals surface area contributed by atoms with Crippen molar-refractivity contribution in [1.29, 1.82) is 0 Å². The largest absolute Gasteiger partial charge is 0.507 e. The molecule has 3 aromatic rings. The van der Waals surface area contributed by atoms with Crippen molar-refractivity contribution in [3.63, 3.8) is 0 Å². The molecule has 3 aromatic carbocycles. The molecule has 7 nitrogen and oxygen atoms in total. The van der Waals surface area contributed by atoms with Gasteiger partial charge in [-0.1, -0.05) is 48.0 Å². The molecule has 0 radical (unpaired) electrons. The van der Waals surface area contributed by atoms with E-state index < -0.39 is 22.0 Å². The average molecular weight is 516 g/mol. The molecule has 0 spiro atoms. The van der Waals surface area contributed by atoms with Crippen molar-refractivity contribution in [2.45, 2.75) is 24.3 Å². The number of halogens is 1. The van der Waals surface area contributed by atoms with Gasteiger partial charge in [-0.15, -0.1) is 0 Å². The van der Waals surface area contributed by atoms with Crippen molar-refractivity contribution in [2.75, 3.05) is 0 Å². The zero-order valence-electron chi connectivity index (χ0n) is 17.2. The highest BCUT2D eigenvalue weighted by Gasteiger charge is 2.23. The van der Waals surface area contributed by atoms with Crippen LogP contribution in [-0.2, 0) is 14.8 Å². The molecule has 32 heavy (non-hydrogen) atoms. The number of aromatic hydroxyl groups is 1. The Balaban J connectivity index is 1.73. The molecule has 0 fully saturated rings. The molecule has 0 aliphatic rings. The van der Waals surface area contributed by atoms with Crippen molar-refractivity contribution < 1.29 is 18.3 Å². The van der Waals surface area contributed by atoms with Gasteiger partial charge in [0.25, 0.3) is 0 Å². The van der Waals surface area contributed by atoms with Gasteiger partial charge in [0.15, 0.2) is 0 Å². The lowest BCUT2D eigenvalue weighted by Gasteiger charge is -2.18. The summed E-state index contributed by atoms with van der Waals surface area (Å²) in [5, 5.41) is 13.5. The summed E-state index contributed by atoms with van der Waals surface area (Å²) >= 11 is 3.21. The Labute approximate surface area is 195 Å². The molecule has 166 valence electrons. The number of nitrogens with one attached hydrogen (secondary N) is 2. The number of benzene rings is 3. The lowest BCUT2D eigenvalue weighted by molar-refractivity contribution is -0.121. The molecular formula is C23H22BrN3O4S. The Morgan fingerprint density at radius 2 is 1.78 bits per heavy atom. The van der Waals surface area contributed by atoms with Crippen LogP contribution < -0.4 is 10.1 Å². The molecule has 3 N–H and O–H groups in total. The average Bonchev–Trinajstić information content (AvgIpc) is 2.76. The summed E-state index contributed by atoms with van der Waals surface area (Å²) in [5.41, 5.74) is 4.68. The highest BCUT2D eigenvalue weighted by atomic mass is 79.9. The van der Waals surface area contributed by atoms with Crippen LogP contribution >= 0.6 is 15.9 Å². The van der Waals surface area contributed by atoms with Crippen LogP contribution in [0.25, 0.3) is 0 Å². The molecular weight excluding hydrogens is 494 g/mol. The Hall–Kier alpha value is -3.01. The maximum Gasteiger partial charge on any atom is 0.242 e. The number of carbonyl (C=O) groups excluding carboxylic acids is 1. The summed E-state index contributed by atoms with van der Waals surface area (Å²) in [6.45, 7) is 1.87. The predicted molar refractivity (Wildman–Crippen MR) is 127 cm³/mol. The van der Waals surface area contributed by atoms with E-state index in [0.29, 0.717) is 15.6 Å². The SMILES string of the molecule is Cc1ccc(S(=O)(=O)N[C@@H](CC(=O)N/N=C\c2ccc(O)c(Br)c2)c2ccccc2)cc1. The number of phenols is 1. The maximum absolute atomic E-state index is 12.9. The third-order valence-electron chi connectivity index (χ3n) is 4.59. The second-order valence-electron chi connectivity index (χ2n) is 7.11. The summed E-state index contributed by atoms with van der Waals surface area (Å²) in [6.07, 6.45) is 1.28. The van der Waals surface area contributed by atoms with Gasteiger partial charge in [0.1, 0.15) is 5.75 Å². The van der Waals surface area contributed by atoms with E-state index in [1.54, 1.807) is 48.5 Å². The van der Waals surface area contributed by atoms with E-state index in [1.165, 1.54) is 24.4 Å². The van der Waals surface area contributed by atoms with Crippen LogP contribution in [0.3, 0.4) is 0 Å². The van der Waals surface area contributed by atoms with E-state index in [9.17, 15) is 18.3 Å². The predicted octanol–water partition coefficient (Wildman–Crippen LogP) is 4.02. The van der Waals surface area contributed by atoms with Gasteiger partial charge >= 0.3 is 0 Å². The Morgan fingerprint density at radius 1 is 1.09 bits per heavy atom. The molecule has 0 saturated carbocycles. The normalized spacial score (nSPS) is 12.6. The molecule has 0 aliphatic heterocycles. The minimum atomic E-state index is -3.84. The number of amides is 1. The molecule has 1 amide bonds. The van der Waals surface area contributed by atoms with Gasteiger partial charge in [-0.05, 0) is 64.3 Å². The molecule has 9 heteroatoms. The molecule has 0 unspecified atom stereocenters. The molecule has 0 heterocycles. The Morgan fingerprint density at radius 3 is 2.44 bits per heavy atom. The molecule has 0 bridgehead atoms. The number of phenolic OH excluding ortho intramolecular Hbond substituents is 1. The first-order valence-corrected chi connectivity index (χ1v) is 12.0. The highest BCUT2D eigenvalue weighted by molar-refractivity contribution is 9.10. The van der Waals surface area contributed by atoms with Crippen molar-refractivity contribution >= 4 is 38.1 Å². The summed E-state index contributed by atoms with van der Waals surface area (Å²) in [4.78, 5) is 12.6.